The number of carbonyl (C=O) groups is 4. The number of nitrogens with zero attached hydrogens (tertiary/aromatic N) is 1. The van der Waals surface area contributed by atoms with Crippen LogP contribution in [0.1, 0.15) is 60.0 Å². The molecule has 0 aliphatic carbocycles. The highest BCUT2D eigenvalue weighted by Crippen LogP contribution is 2.32. The number of hydrogen-bond acceptors (Lipinski definition) is 5. The molecule has 0 spiro atoms. The maximum atomic E-state index is 13.0. The number of carboxylic acid groups (broad SMARTS) is 1. The molecule has 1 heterocycles. The third kappa shape index (κ3) is 3.57. The monoisotopic (exact) mass is 413 g/mol. The fourth-order valence-corrected chi connectivity index (χ4v) is 3.60. The van der Waals surface area contributed by atoms with Gasteiger partial charge in [0.25, 0.3) is 17.7 Å². The van der Waals surface area contributed by atoms with E-state index in [0.717, 1.165) is 5.56 Å². The van der Waals surface area contributed by atoms with Gasteiger partial charge < -0.3 is 15.2 Å². The van der Waals surface area contributed by atoms with Crippen molar-refractivity contribution in [1.29, 1.82) is 0 Å². The van der Waals surface area contributed by atoms with Crippen molar-refractivity contribution in [1.82, 2.24) is 4.90 Å². The van der Waals surface area contributed by atoms with Gasteiger partial charge in [-0.05, 0) is 36.8 Å². The van der Waals surface area contributed by atoms with Crippen LogP contribution in [-0.4, -0.2) is 28.6 Å². The lowest BCUT2D eigenvalue weighted by Crippen LogP contribution is -2.32. The maximum absolute atomic E-state index is 13.0. The molecule has 31 heavy (non-hydrogen) atoms. The lowest BCUT2D eigenvalue weighted by molar-refractivity contribution is -0.254. The van der Waals surface area contributed by atoms with Crippen molar-refractivity contribution < 1.29 is 24.3 Å². The van der Waals surface area contributed by atoms with Crippen LogP contribution in [0.15, 0.2) is 72.8 Å². The van der Waals surface area contributed by atoms with Crippen LogP contribution >= 0.6 is 0 Å². The Morgan fingerprint density at radius 3 is 2.23 bits per heavy atom. The minimum atomic E-state index is -1.42. The molecule has 0 fully saturated rings. The average Bonchev–Trinajstić information content (AvgIpc) is 3.03. The van der Waals surface area contributed by atoms with E-state index in [-0.39, 0.29) is 27.9 Å². The average molecular weight is 413 g/mol. The molecule has 7 nitrogen and oxygen atoms in total. The smallest absolute Gasteiger partial charge is 0.262 e. The van der Waals surface area contributed by atoms with Gasteiger partial charge in [-0.1, -0.05) is 48.5 Å². The summed E-state index contributed by atoms with van der Waals surface area (Å²) < 4.78 is 0. The van der Waals surface area contributed by atoms with Crippen molar-refractivity contribution >= 4 is 29.4 Å². The molecule has 0 saturated heterocycles. The highest BCUT2D eigenvalue weighted by molar-refractivity contribution is 6.22. The molecule has 3 aromatic carbocycles. The number of carbonyl (C=O) groups excluding carboxylic acids is 4. The number of aromatic carboxylic acids is 1. The van der Waals surface area contributed by atoms with Crippen LogP contribution in [0.5, 0.6) is 0 Å². The van der Waals surface area contributed by atoms with Crippen molar-refractivity contribution in [2.45, 2.75) is 13.0 Å². The van der Waals surface area contributed by atoms with Crippen LogP contribution in [0.3, 0.4) is 0 Å². The zero-order valence-electron chi connectivity index (χ0n) is 16.5. The Labute approximate surface area is 177 Å². The van der Waals surface area contributed by atoms with Crippen LogP contribution in [0.4, 0.5) is 5.69 Å². The molecule has 1 aliphatic heterocycles. The van der Waals surface area contributed by atoms with E-state index in [1.54, 1.807) is 13.0 Å². The van der Waals surface area contributed by atoms with E-state index >= 15 is 0 Å². The highest BCUT2D eigenvalue weighted by atomic mass is 16.4. The van der Waals surface area contributed by atoms with Gasteiger partial charge in [-0.15, -0.1) is 0 Å². The summed E-state index contributed by atoms with van der Waals surface area (Å²) in [6, 6.07) is 18.8. The topological polar surface area (TPSA) is 107 Å². The number of nitrogens with one attached hydrogen (secondary N) is 1. The summed E-state index contributed by atoms with van der Waals surface area (Å²) in [6.45, 7) is 1.77. The van der Waals surface area contributed by atoms with Gasteiger partial charge in [0.1, 0.15) is 0 Å². The number of imide groups is 1. The predicted octanol–water partition coefficient (Wildman–Crippen LogP) is 2.66. The fraction of sp³-hybridized carbons (Fsp3) is 0.0833. The van der Waals surface area contributed by atoms with Crippen LogP contribution in [-0.2, 0) is 0 Å². The SMILES string of the molecule is C[C@H](c1ccccc1)N1C(=O)c2ccc(C(=O)Nc3ccccc3C(=O)[O-])cc2C1=O. The Balaban J connectivity index is 1.62. The molecular weight excluding hydrogens is 396 g/mol. The summed E-state index contributed by atoms with van der Waals surface area (Å²) in [6.07, 6.45) is 0. The Morgan fingerprint density at radius 1 is 0.871 bits per heavy atom. The van der Waals surface area contributed by atoms with Crippen LogP contribution in [0.25, 0.3) is 0 Å². The van der Waals surface area contributed by atoms with Crippen molar-refractivity contribution in [3.63, 3.8) is 0 Å². The second kappa shape index (κ2) is 7.87. The number of para-hydroxylation sites is 1. The first-order valence-corrected chi connectivity index (χ1v) is 9.57. The Morgan fingerprint density at radius 2 is 1.52 bits per heavy atom. The fourth-order valence-electron chi connectivity index (χ4n) is 3.60. The first kappa shape index (κ1) is 20.0. The summed E-state index contributed by atoms with van der Waals surface area (Å²) in [4.78, 5) is 50.9. The molecule has 0 saturated carbocycles. The quantitative estimate of drug-likeness (QED) is 0.647. The van der Waals surface area contributed by atoms with Crippen molar-refractivity contribution in [2.75, 3.05) is 5.32 Å². The highest BCUT2D eigenvalue weighted by Gasteiger charge is 2.39. The molecule has 0 aromatic heterocycles. The zero-order valence-corrected chi connectivity index (χ0v) is 16.5. The second-order valence-electron chi connectivity index (χ2n) is 7.11. The second-order valence-corrected chi connectivity index (χ2v) is 7.11. The molecule has 4 rings (SSSR count). The van der Waals surface area contributed by atoms with Crippen molar-refractivity contribution in [2.24, 2.45) is 0 Å². The molecule has 3 aromatic rings. The minimum absolute atomic E-state index is 0.0785. The number of rotatable bonds is 5. The molecule has 3 amide bonds. The number of carboxylic acids is 1. The molecule has 1 aliphatic rings. The van der Waals surface area contributed by atoms with E-state index in [9.17, 15) is 24.3 Å². The third-order valence-corrected chi connectivity index (χ3v) is 5.24. The summed E-state index contributed by atoms with van der Waals surface area (Å²) in [5.74, 6) is -2.94. The van der Waals surface area contributed by atoms with Crippen molar-refractivity contribution in [3.05, 3.63) is 101 Å². The Hall–Kier alpha value is -4.26. The van der Waals surface area contributed by atoms with E-state index in [1.165, 1.54) is 41.3 Å². The van der Waals surface area contributed by atoms with E-state index < -0.39 is 29.7 Å². The van der Waals surface area contributed by atoms with Crippen LogP contribution < -0.4 is 10.4 Å². The van der Waals surface area contributed by atoms with Gasteiger partial charge >= 0.3 is 0 Å². The van der Waals surface area contributed by atoms with Crippen molar-refractivity contribution in [3.8, 4) is 0 Å². The molecule has 0 radical (unpaired) electrons. The molecule has 1 atom stereocenters. The third-order valence-electron chi connectivity index (χ3n) is 5.24. The molecule has 0 bridgehead atoms. The standard InChI is InChI=1S/C24H18N2O5/c1-14(15-7-3-2-4-8-15)26-22(28)17-12-11-16(13-19(17)23(26)29)21(27)25-20-10-6-5-9-18(20)24(30)31/h2-14H,1H3,(H,25,27)(H,30,31)/p-1/t14-/m1/s1. The van der Waals surface area contributed by atoms with E-state index in [2.05, 4.69) is 5.32 Å². The number of amides is 3. The summed E-state index contributed by atoms with van der Waals surface area (Å²) in [5, 5.41) is 13.8. The number of anilines is 1. The van der Waals surface area contributed by atoms with Gasteiger partial charge in [-0.3, -0.25) is 19.3 Å². The lowest BCUT2D eigenvalue weighted by atomic mass is 10.0. The molecule has 7 heteroatoms. The Bertz CT molecular complexity index is 1220. The van der Waals surface area contributed by atoms with Crippen LogP contribution in [0, 0.1) is 0 Å². The molecular formula is C24H17N2O5-. The predicted molar refractivity (Wildman–Crippen MR) is 111 cm³/mol. The van der Waals surface area contributed by atoms with Crippen LogP contribution in [0.2, 0.25) is 0 Å². The molecule has 0 unspecified atom stereocenters. The van der Waals surface area contributed by atoms with E-state index in [4.69, 9.17) is 0 Å². The number of fused-ring (bicyclic) bond motifs is 1. The minimum Gasteiger partial charge on any atom is -0.545 e. The molecule has 1 N–H and O–H groups in total. The summed E-state index contributed by atoms with van der Waals surface area (Å²) in [7, 11) is 0. The first-order valence-electron chi connectivity index (χ1n) is 9.57. The summed E-state index contributed by atoms with van der Waals surface area (Å²) in [5.41, 5.74) is 1.21. The Kier molecular flexibility index (Phi) is 5.09. The maximum Gasteiger partial charge on any atom is 0.262 e. The lowest BCUT2D eigenvalue weighted by Gasteiger charge is -2.22. The first-order chi connectivity index (χ1) is 14.9. The largest absolute Gasteiger partial charge is 0.545 e. The van der Waals surface area contributed by atoms with Gasteiger partial charge in [0.15, 0.2) is 0 Å². The van der Waals surface area contributed by atoms with Gasteiger partial charge in [0.05, 0.1) is 28.8 Å². The van der Waals surface area contributed by atoms with Gasteiger partial charge in [-0.2, -0.15) is 0 Å². The van der Waals surface area contributed by atoms with Gasteiger partial charge in [0.2, 0.25) is 0 Å². The molecule has 154 valence electrons. The number of hydrogen-bond donors (Lipinski definition) is 1. The zero-order chi connectivity index (χ0) is 22.1. The van der Waals surface area contributed by atoms with Gasteiger partial charge in [0, 0.05) is 11.1 Å². The van der Waals surface area contributed by atoms with E-state index in [0.29, 0.717) is 0 Å². The summed E-state index contributed by atoms with van der Waals surface area (Å²) >= 11 is 0. The van der Waals surface area contributed by atoms with Gasteiger partial charge in [-0.25, -0.2) is 0 Å². The van der Waals surface area contributed by atoms with E-state index in [1.807, 2.05) is 30.3 Å². The normalized spacial score (nSPS) is 13.6. The number of benzene rings is 3.